The van der Waals surface area contributed by atoms with Gasteiger partial charge in [-0.3, -0.25) is 0 Å². The average molecular weight is 227 g/mol. The molecule has 0 unspecified atom stereocenters. The highest BCUT2D eigenvalue weighted by Crippen LogP contribution is 2.44. The minimum atomic E-state index is -0.555. The van der Waals surface area contributed by atoms with Gasteiger partial charge in [0.25, 0.3) is 0 Å². The summed E-state index contributed by atoms with van der Waals surface area (Å²) in [6.07, 6.45) is 2.04. The van der Waals surface area contributed by atoms with Crippen molar-refractivity contribution in [1.82, 2.24) is 5.32 Å². The van der Waals surface area contributed by atoms with E-state index >= 15 is 0 Å². The minimum absolute atomic E-state index is 0.0197. The SMILES string of the molecule is OCC1(CNCc2cc(F)cc(F)c2)CC1. The van der Waals surface area contributed by atoms with E-state index in [1.807, 2.05) is 0 Å². The fraction of sp³-hybridized carbons (Fsp3) is 0.500. The smallest absolute Gasteiger partial charge is 0.126 e. The van der Waals surface area contributed by atoms with Crippen LogP contribution in [-0.4, -0.2) is 18.3 Å². The number of nitrogens with one attached hydrogen (secondary N) is 1. The molecule has 4 heteroatoms. The molecule has 0 spiro atoms. The number of hydrogen-bond donors (Lipinski definition) is 2. The Hall–Kier alpha value is -1.00. The summed E-state index contributed by atoms with van der Waals surface area (Å²) in [7, 11) is 0. The van der Waals surface area contributed by atoms with Crippen molar-refractivity contribution in [3.63, 3.8) is 0 Å². The zero-order valence-corrected chi connectivity index (χ0v) is 8.97. The monoisotopic (exact) mass is 227 g/mol. The lowest BCUT2D eigenvalue weighted by Gasteiger charge is -2.12. The van der Waals surface area contributed by atoms with E-state index in [2.05, 4.69) is 5.32 Å². The van der Waals surface area contributed by atoms with Crippen molar-refractivity contribution in [2.24, 2.45) is 5.41 Å². The Labute approximate surface area is 93.3 Å². The molecule has 0 radical (unpaired) electrons. The van der Waals surface area contributed by atoms with Crippen LogP contribution in [0, 0.1) is 17.0 Å². The van der Waals surface area contributed by atoms with Crippen LogP contribution in [0.4, 0.5) is 8.78 Å². The standard InChI is InChI=1S/C12H15F2NO/c13-10-3-9(4-11(14)5-10)6-15-7-12(8-16)1-2-12/h3-5,15-16H,1-2,6-8H2. The molecule has 0 aromatic heterocycles. The second kappa shape index (κ2) is 4.47. The van der Waals surface area contributed by atoms with Crippen LogP contribution < -0.4 is 5.32 Å². The van der Waals surface area contributed by atoms with Crippen molar-refractivity contribution in [2.75, 3.05) is 13.2 Å². The Balaban J connectivity index is 1.85. The summed E-state index contributed by atoms with van der Waals surface area (Å²) in [6, 6.07) is 3.49. The van der Waals surface area contributed by atoms with Crippen LogP contribution in [0.15, 0.2) is 18.2 Å². The lowest BCUT2D eigenvalue weighted by atomic mass is 10.1. The Morgan fingerprint density at radius 1 is 1.19 bits per heavy atom. The van der Waals surface area contributed by atoms with Crippen LogP contribution in [-0.2, 0) is 6.54 Å². The van der Waals surface area contributed by atoms with Crippen molar-refractivity contribution < 1.29 is 13.9 Å². The van der Waals surface area contributed by atoms with Gasteiger partial charge in [0, 0.05) is 31.2 Å². The lowest BCUT2D eigenvalue weighted by molar-refractivity contribution is 0.207. The molecule has 0 aliphatic heterocycles. The van der Waals surface area contributed by atoms with Gasteiger partial charge < -0.3 is 10.4 Å². The van der Waals surface area contributed by atoms with Crippen molar-refractivity contribution in [3.05, 3.63) is 35.4 Å². The normalized spacial score (nSPS) is 17.4. The topological polar surface area (TPSA) is 32.3 Å². The van der Waals surface area contributed by atoms with Gasteiger partial charge >= 0.3 is 0 Å². The maximum atomic E-state index is 12.9. The number of hydrogen-bond acceptors (Lipinski definition) is 2. The van der Waals surface area contributed by atoms with E-state index in [1.165, 1.54) is 12.1 Å². The van der Waals surface area contributed by atoms with Gasteiger partial charge in [-0.25, -0.2) is 8.78 Å². The third-order valence-electron chi connectivity index (χ3n) is 3.04. The molecule has 1 saturated carbocycles. The predicted octanol–water partition coefficient (Wildman–Crippen LogP) is 1.83. The predicted molar refractivity (Wildman–Crippen MR) is 56.8 cm³/mol. The number of benzene rings is 1. The third-order valence-corrected chi connectivity index (χ3v) is 3.04. The Kier molecular flexibility index (Phi) is 3.21. The fourth-order valence-electron chi connectivity index (χ4n) is 1.75. The molecule has 0 bridgehead atoms. The van der Waals surface area contributed by atoms with Gasteiger partial charge in [-0.15, -0.1) is 0 Å². The molecule has 2 rings (SSSR count). The second-order valence-electron chi connectivity index (χ2n) is 4.54. The Morgan fingerprint density at radius 3 is 2.31 bits per heavy atom. The lowest BCUT2D eigenvalue weighted by Crippen LogP contribution is -2.26. The maximum Gasteiger partial charge on any atom is 0.126 e. The molecule has 1 aliphatic carbocycles. The highest BCUT2D eigenvalue weighted by molar-refractivity contribution is 5.17. The number of rotatable bonds is 5. The number of aliphatic hydroxyl groups is 1. The molecule has 16 heavy (non-hydrogen) atoms. The molecule has 88 valence electrons. The van der Waals surface area contributed by atoms with Gasteiger partial charge in [0.15, 0.2) is 0 Å². The molecule has 1 aromatic rings. The minimum Gasteiger partial charge on any atom is -0.396 e. The largest absolute Gasteiger partial charge is 0.396 e. The average Bonchev–Trinajstić information content (AvgIpc) is 2.97. The first-order valence-electron chi connectivity index (χ1n) is 5.40. The van der Waals surface area contributed by atoms with Crippen molar-refractivity contribution >= 4 is 0 Å². The molecule has 0 heterocycles. The summed E-state index contributed by atoms with van der Waals surface area (Å²) in [4.78, 5) is 0. The summed E-state index contributed by atoms with van der Waals surface area (Å²) in [6.45, 7) is 1.30. The summed E-state index contributed by atoms with van der Waals surface area (Å²) in [5, 5.41) is 12.2. The first-order chi connectivity index (χ1) is 7.63. The summed E-state index contributed by atoms with van der Waals surface area (Å²) >= 11 is 0. The number of aliphatic hydroxyl groups excluding tert-OH is 1. The van der Waals surface area contributed by atoms with Crippen LogP contribution in [0.25, 0.3) is 0 Å². The third kappa shape index (κ3) is 2.77. The van der Waals surface area contributed by atoms with Crippen LogP contribution in [0.5, 0.6) is 0 Å². The zero-order valence-electron chi connectivity index (χ0n) is 8.97. The van der Waals surface area contributed by atoms with Gasteiger partial charge in [0.2, 0.25) is 0 Å². The van der Waals surface area contributed by atoms with E-state index in [1.54, 1.807) is 0 Å². The molecule has 0 saturated heterocycles. The molecule has 2 nitrogen and oxygen atoms in total. The van der Waals surface area contributed by atoms with Crippen molar-refractivity contribution in [2.45, 2.75) is 19.4 Å². The molecular formula is C12H15F2NO. The van der Waals surface area contributed by atoms with E-state index in [-0.39, 0.29) is 12.0 Å². The number of halogens is 2. The fourth-order valence-corrected chi connectivity index (χ4v) is 1.75. The summed E-state index contributed by atoms with van der Waals surface area (Å²) in [5.41, 5.74) is 0.609. The quantitative estimate of drug-likeness (QED) is 0.804. The highest BCUT2D eigenvalue weighted by atomic mass is 19.1. The Morgan fingerprint density at radius 2 is 1.81 bits per heavy atom. The van der Waals surface area contributed by atoms with Gasteiger partial charge in [0.1, 0.15) is 11.6 Å². The van der Waals surface area contributed by atoms with E-state index in [0.717, 1.165) is 18.9 Å². The van der Waals surface area contributed by atoms with E-state index < -0.39 is 11.6 Å². The molecule has 0 amide bonds. The summed E-state index contributed by atoms with van der Waals surface area (Å²) in [5.74, 6) is -1.11. The molecule has 1 aromatic carbocycles. The van der Waals surface area contributed by atoms with Crippen LogP contribution in [0.3, 0.4) is 0 Å². The molecule has 1 aliphatic rings. The van der Waals surface area contributed by atoms with Crippen LogP contribution in [0.2, 0.25) is 0 Å². The van der Waals surface area contributed by atoms with Crippen LogP contribution in [0.1, 0.15) is 18.4 Å². The summed E-state index contributed by atoms with van der Waals surface area (Å²) < 4.78 is 25.7. The molecular weight excluding hydrogens is 212 g/mol. The zero-order chi connectivity index (χ0) is 11.6. The van der Waals surface area contributed by atoms with Gasteiger partial charge in [-0.2, -0.15) is 0 Å². The van der Waals surface area contributed by atoms with Crippen molar-refractivity contribution in [3.8, 4) is 0 Å². The maximum absolute atomic E-state index is 12.9. The van der Waals surface area contributed by atoms with E-state index in [9.17, 15) is 8.78 Å². The second-order valence-corrected chi connectivity index (χ2v) is 4.54. The van der Waals surface area contributed by atoms with Gasteiger partial charge in [-0.05, 0) is 30.5 Å². The molecule has 2 N–H and O–H groups in total. The Bertz CT molecular complexity index is 357. The molecule has 0 atom stereocenters. The first kappa shape index (κ1) is 11.5. The van der Waals surface area contributed by atoms with E-state index in [0.29, 0.717) is 18.7 Å². The van der Waals surface area contributed by atoms with Crippen molar-refractivity contribution in [1.29, 1.82) is 0 Å². The van der Waals surface area contributed by atoms with Gasteiger partial charge in [0.05, 0.1) is 0 Å². The van der Waals surface area contributed by atoms with Crippen LogP contribution >= 0.6 is 0 Å². The van der Waals surface area contributed by atoms with Gasteiger partial charge in [-0.1, -0.05) is 0 Å². The van der Waals surface area contributed by atoms with E-state index in [4.69, 9.17) is 5.11 Å². The first-order valence-corrected chi connectivity index (χ1v) is 5.40. The molecule has 1 fully saturated rings. The highest BCUT2D eigenvalue weighted by Gasteiger charge is 2.41.